The molecule has 132 valence electrons. The molecule has 6 nitrogen and oxygen atoms in total. The van der Waals surface area contributed by atoms with Gasteiger partial charge in [-0.15, -0.1) is 11.3 Å². The maximum Gasteiger partial charge on any atom is 0.252 e. The maximum absolute atomic E-state index is 12.2. The van der Waals surface area contributed by atoms with Crippen LogP contribution in [0, 0.1) is 0 Å². The Labute approximate surface area is 150 Å². The number of rotatable bonds is 4. The second-order valence-corrected chi connectivity index (χ2v) is 9.18. The van der Waals surface area contributed by atoms with E-state index in [1.165, 1.54) is 18.3 Å². The summed E-state index contributed by atoms with van der Waals surface area (Å²) in [7, 11) is -3.33. The Morgan fingerprint density at radius 1 is 1.28 bits per heavy atom. The standard InChI is InChI=1S/C17H18N2O4S2/c1-3-25(22,23)11-6-4-10-5-7-12-14(16(18)21)17(19-9(2)20)24-15(12)13(10)8-11/h4,6,8H,3,5,7H2,1-2H3,(H2,18,21)(H,19,20). The molecule has 0 unspecified atom stereocenters. The van der Waals surface area contributed by atoms with E-state index in [2.05, 4.69) is 5.32 Å². The Morgan fingerprint density at radius 2 is 2.00 bits per heavy atom. The molecule has 25 heavy (non-hydrogen) atoms. The highest BCUT2D eigenvalue weighted by Gasteiger charge is 2.28. The maximum atomic E-state index is 12.2. The Balaban J connectivity index is 2.23. The highest BCUT2D eigenvalue weighted by molar-refractivity contribution is 7.91. The lowest BCUT2D eigenvalue weighted by atomic mass is 9.89. The number of nitrogens with one attached hydrogen (secondary N) is 1. The van der Waals surface area contributed by atoms with Crippen LogP contribution in [0.5, 0.6) is 0 Å². The molecule has 1 aromatic carbocycles. The number of primary amides is 1. The molecule has 0 radical (unpaired) electrons. The van der Waals surface area contributed by atoms with Gasteiger partial charge in [0, 0.05) is 11.8 Å². The second-order valence-electron chi connectivity index (χ2n) is 5.88. The van der Waals surface area contributed by atoms with Gasteiger partial charge in [0.1, 0.15) is 5.00 Å². The third kappa shape index (κ3) is 3.07. The van der Waals surface area contributed by atoms with Gasteiger partial charge in [0.05, 0.1) is 16.2 Å². The van der Waals surface area contributed by atoms with Crippen molar-refractivity contribution in [2.75, 3.05) is 11.1 Å². The summed E-state index contributed by atoms with van der Waals surface area (Å²) in [6.07, 6.45) is 1.31. The summed E-state index contributed by atoms with van der Waals surface area (Å²) >= 11 is 1.26. The van der Waals surface area contributed by atoms with E-state index in [1.54, 1.807) is 19.1 Å². The van der Waals surface area contributed by atoms with Gasteiger partial charge in [-0.25, -0.2) is 8.42 Å². The van der Waals surface area contributed by atoms with E-state index in [9.17, 15) is 18.0 Å². The SMILES string of the molecule is CCS(=O)(=O)c1ccc2c(c1)-c1sc(NC(C)=O)c(C(N)=O)c1CC2. The molecular weight excluding hydrogens is 360 g/mol. The van der Waals surface area contributed by atoms with Crippen LogP contribution in [0.25, 0.3) is 10.4 Å². The van der Waals surface area contributed by atoms with Crippen molar-refractivity contribution in [1.29, 1.82) is 0 Å². The predicted octanol–water partition coefficient (Wildman–Crippen LogP) is 2.36. The zero-order valence-corrected chi connectivity index (χ0v) is 15.5. The van der Waals surface area contributed by atoms with Gasteiger partial charge in [-0.2, -0.15) is 0 Å². The number of anilines is 1. The summed E-state index contributed by atoms with van der Waals surface area (Å²) in [5.41, 5.74) is 8.44. The number of fused-ring (bicyclic) bond motifs is 3. The second kappa shape index (κ2) is 6.27. The van der Waals surface area contributed by atoms with Crippen LogP contribution in [-0.2, 0) is 27.5 Å². The zero-order valence-electron chi connectivity index (χ0n) is 13.9. The Morgan fingerprint density at radius 3 is 2.60 bits per heavy atom. The molecule has 3 rings (SSSR count). The molecule has 0 atom stereocenters. The van der Waals surface area contributed by atoms with Crippen LogP contribution in [0.2, 0.25) is 0 Å². The molecular formula is C17H18N2O4S2. The number of carbonyl (C=O) groups excluding carboxylic acids is 2. The van der Waals surface area contributed by atoms with Gasteiger partial charge < -0.3 is 11.1 Å². The molecule has 0 aliphatic heterocycles. The van der Waals surface area contributed by atoms with Gasteiger partial charge in [-0.05, 0) is 41.7 Å². The minimum atomic E-state index is -3.33. The molecule has 0 saturated heterocycles. The molecule has 8 heteroatoms. The number of sulfone groups is 1. The number of nitrogens with two attached hydrogens (primary N) is 1. The van der Waals surface area contributed by atoms with Crippen molar-refractivity contribution in [3.05, 3.63) is 34.9 Å². The molecule has 1 aliphatic rings. The van der Waals surface area contributed by atoms with Gasteiger partial charge >= 0.3 is 0 Å². The van der Waals surface area contributed by atoms with Crippen LogP contribution < -0.4 is 11.1 Å². The van der Waals surface area contributed by atoms with Crippen LogP contribution in [0.3, 0.4) is 0 Å². The Hall–Kier alpha value is -2.19. The van der Waals surface area contributed by atoms with Crippen molar-refractivity contribution in [2.45, 2.75) is 31.6 Å². The molecule has 0 fully saturated rings. The lowest BCUT2D eigenvalue weighted by Crippen LogP contribution is -2.17. The molecule has 0 bridgehead atoms. The molecule has 1 aliphatic carbocycles. The van der Waals surface area contributed by atoms with Gasteiger partial charge in [-0.1, -0.05) is 13.0 Å². The van der Waals surface area contributed by atoms with E-state index in [0.717, 1.165) is 21.6 Å². The largest absolute Gasteiger partial charge is 0.365 e. The van der Waals surface area contributed by atoms with E-state index in [1.807, 2.05) is 6.07 Å². The summed E-state index contributed by atoms with van der Waals surface area (Å²) in [4.78, 5) is 24.4. The molecule has 0 spiro atoms. The van der Waals surface area contributed by atoms with Crippen LogP contribution in [0.1, 0.15) is 35.3 Å². The number of hydrogen-bond donors (Lipinski definition) is 2. The zero-order chi connectivity index (χ0) is 18.4. The first kappa shape index (κ1) is 17.6. The van der Waals surface area contributed by atoms with Gasteiger partial charge in [0.2, 0.25) is 5.91 Å². The van der Waals surface area contributed by atoms with Crippen molar-refractivity contribution in [3.8, 4) is 10.4 Å². The number of carbonyl (C=O) groups is 2. The first-order valence-electron chi connectivity index (χ1n) is 7.83. The molecule has 2 amide bonds. The van der Waals surface area contributed by atoms with Crippen LogP contribution in [0.4, 0.5) is 5.00 Å². The number of thiophene rings is 1. The van der Waals surface area contributed by atoms with Crippen molar-refractivity contribution >= 4 is 38.0 Å². The van der Waals surface area contributed by atoms with E-state index >= 15 is 0 Å². The van der Waals surface area contributed by atoms with Gasteiger partial charge in [0.25, 0.3) is 5.91 Å². The van der Waals surface area contributed by atoms with Crippen LogP contribution in [-0.4, -0.2) is 26.0 Å². The Kier molecular flexibility index (Phi) is 4.42. The fourth-order valence-electron chi connectivity index (χ4n) is 3.03. The topological polar surface area (TPSA) is 106 Å². The molecule has 1 aromatic heterocycles. The van der Waals surface area contributed by atoms with Gasteiger partial charge in [0.15, 0.2) is 9.84 Å². The monoisotopic (exact) mass is 378 g/mol. The van der Waals surface area contributed by atoms with Crippen molar-refractivity contribution in [1.82, 2.24) is 0 Å². The fraction of sp³-hybridized carbons (Fsp3) is 0.294. The minimum Gasteiger partial charge on any atom is -0.365 e. The smallest absolute Gasteiger partial charge is 0.252 e. The lowest BCUT2D eigenvalue weighted by Gasteiger charge is -2.18. The minimum absolute atomic E-state index is 0.0206. The van der Waals surface area contributed by atoms with E-state index < -0.39 is 15.7 Å². The number of amides is 2. The summed E-state index contributed by atoms with van der Waals surface area (Å²) in [5, 5.41) is 3.08. The highest BCUT2D eigenvalue weighted by Crippen LogP contribution is 2.45. The normalized spacial score (nSPS) is 13.0. The number of hydrogen-bond acceptors (Lipinski definition) is 5. The molecule has 2 aromatic rings. The molecule has 1 heterocycles. The summed E-state index contributed by atoms with van der Waals surface area (Å²) in [6.45, 7) is 2.97. The van der Waals surface area contributed by atoms with E-state index in [0.29, 0.717) is 23.4 Å². The summed E-state index contributed by atoms with van der Waals surface area (Å²) in [6, 6.07) is 5.10. The Bertz CT molecular complexity index is 990. The van der Waals surface area contributed by atoms with Crippen molar-refractivity contribution in [2.24, 2.45) is 5.73 Å². The third-order valence-electron chi connectivity index (χ3n) is 4.25. The average molecular weight is 378 g/mol. The first-order chi connectivity index (χ1) is 11.7. The quantitative estimate of drug-likeness (QED) is 0.852. The highest BCUT2D eigenvalue weighted by atomic mass is 32.2. The molecule has 0 saturated carbocycles. The number of aryl methyl sites for hydroxylation is 1. The third-order valence-corrected chi connectivity index (χ3v) is 7.17. The van der Waals surface area contributed by atoms with Crippen LogP contribution >= 0.6 is 11.3 Å². The van der Waals surface area contributed by atoms with Crippen molar-refractivity contribution in [3.63, 3.8) is 0 Å². The summed E-state index contributed by atoms with van der Waals surface area (Å²) in [5.74, 6) is -0.863. The average Bonchev–Trinajstić information content (AvgIpc) is 2.91. The molecule has 3 N–H and O–H groups in total. The lowest BCUT2D eigenvalue weighted by molar-refractivity contribution is -0.114. The van der Waals surface area contributed by atoms with Gasteiger partial charge in [-0.3, -0.25) is 9.59 Å². The first-order valence-corrected chi connectivity index (χ1v) is 10.3. The summed E-state index contributed by atoms with van der Waals surface area (Å²) < 4.78 is 24.4. The predicted molar refractivity (Wildman–Crippen MR) is 97.7 cm³/mol. The van der Waals surface area contributed by atoms with Crippen LogP contribution in [0.15, 0.2) is 23.1 Å². The van der Waals surface area contributed by atoms with E-state index in [4.69, 9.17) is 5.73 Å². The fourth-order valence-corrected chi connectivity index (χ4v) is 5.29. The van der Waals surface area contributed by atoms with Crippen molar-refractivity contribution < 1.29 is 18.0 Å². The van der Waals surface area contributed by atoms with E-state index in [-0.39, 0.29) is 16.6 Å². The number of benzene rings is 1.